The predicted molar refractivity (Wildman–Crippen MR) is 83.5 cm³/mol. The molecule has 0 aromatic carbocycles. The Kier molecular flexibility index (Phi) is 3.54. The van der Waals surface area contributed by atoms with Crippen molar-refractivity contribution in [3.05, 3.63) is 22.4 Å². The van der Waals surface area contributed by atoms with Gasteiger partial charge < -0.3 is 0 Å². The second kappa shape index (κ2) is 4.89. The number of ketones is 1. The van der Waals surface area contributed by atoms with Gasteiger partial charge in [0, 0.05) is 18.4 Å². The molecule has 2 bridgehead atoms. The first kappa shape index (κ1) is 15.2. The van der Waals surface area contributed by atoms with Gasteiger partial charge in [-0.1, -0.05) is 13.8 Å². The van der Waals surface area contributed by atoms with Crippen LogP contribution in [0.1, 0.15) is 38.7 Å². The number of sulfonamides is 1. The Hall–Kier alpha value is -0.720. The summed E-state index contributed by atoms with van der Waals surface area (Å²) < 4.78 is 27.5. The number of carbonyl (C=O) groups excluding carboxylic acids is 1. The second-order valence-corrected chi connectivity index (χ2v) is 9.47. The molecule has 116 valence electrons. The molecular weight excluding hydrogens is 306 g/mol. The molecule has 4 nitrogen and oxygen atoms in total. The van der Waals surface area contributed by atoms with Crippen LogP contribution in [0.25, 0.3) is 0 Å². The Labute approximate surface area is 130 Å². The van der Waals surface area contributed by atoms with E-state index in [0.717, 1.165) is 12.0 Å². The molecule has 1 heterocycles. The van der Waals surface area contributed by atoms with Crippen LogP contribution in [0.5, 0.6) is 0 Å². The Morgan fingerprint density at radius 2 is 2.19 bits per heavy atom. The number of hydrogen-bond donors (Lipinski definition) is 1. The van der Waals surface area contributed by atoms with Crippen LogP contribution in [-0.4, -0.2) is 20.0 Å². The van der Waals surface area contributed by atoms with Crippen molar-refractivity contribution in [1.82, 2.24) is 4.72 Å². The van der Waals surface area contributed by atoms with Gasteiger partial charge in [0.2, 0.25) is 10.0 Å². The Morgan fingerprint density at radius 3 is 2.71 bits per heavy atom. The highest BCUT2D eigenvalue weighted by Crippen LogP contribution is 2.64. The minimum atomic E-state index is -3.46. The van der Waals surface area contributed by atoms with E-state index in [0.29, 0.717) is 25.3 Å². The van der Waals surface area contributed by atoms with Crippen molar-refractivity contribution in [2.75, 3.05) is 5.75 Å². The van der Waals surface area contributed by atoms with Gasteiger partial charge in [-0.05, 0) is 46.6 Å². The van der Waals surface area contributed by atoms with E-state index in [1.54, 1.807) is 11.3 Å². The summed E-state index contributed by atoms with van der Waals surface area (Å²) in [7, 11) is -3.46. The molecule has 1 N–H and O–H groups in total. The van der Waals surface area contributed by atoms with Gasteiger partial charge >= 0.3 is 0 Å². The number of carbonyl (C=O) groups is 1. The molecule has 21 heavy (non-hydrogen) atoms. The molecule has 0 saturated heterocycles. The molecule has 2 fully saturated rings. The maximum absolute atomic E-state index is 12.4. The third kappa shape index (κ3) is 2.37. The Balaban J connectivity index is 1.77. The van der Waals surface area contributed by atoms with E-state index < -0.39 is 15.4 Å². The molecule has 3 rings (SSSR count). The van der Waals surface area contributed by atoms with Gasteiger partial charge in [-0.2, -0.15) is 11.3 Å². The summed E-state index contributed by atoms with van der Waals surface area (Å²) in [6.45, 7) is 4.42. The number of hydrogen-bond acceptors (Lipinski definition) is 4. The van der Waals surface area contributed by atoms with E-state index in [4.69, 9.17) is 0 Å². The van der Waals surface area contributed by atoms with Crippen molar-refractivity contribution < 1.29 is 13.2 Å². The van der Waals surface area contributed by atoms with Crippen LogP contribution >= 0.6 is 11.3 Å². The third-order valence-corrected chi connectivity index (χ3v) is 7.84. The van der Waals surface area contributed by atoms with Gasteiger partial charge in [0.25, 0.3) is 0 Å². The van der Waals surface area contributed by atoms with E-state index in [1.165, 1.54) is 0 Å². The summed E-state index contributed by atoms with van der Waals surface area (Å²) in [5.41, 5.74) is 0.0710. The fraction of sp³-hybridized carbons (Fsp3) is 0.667. The van der Waals surface area contributed by atoms with Crippen LogP contribution < -0.4 is 4.72 Å². The maximum atomic E-state index is 12.4. The van der Waals surface area contributed by atoms with Crippen LogP contribution in [0.3, 0.4) is 0 Å². The molecule has 1 aromatic heterocycles. The smallest absolute Gasteiger partial charge is 0.212 e. The largest absolute Gasteiger partial charge is 0.299 e. The molecule has 0 unspecified atom stereocenters. The number of thiophene rings is 1. The maximum Gasteiger partial charge on any atom is 0.212 e. The van der Waals surface area contributed by atoms with E-state index in [9.17, 15) is 13.2 Å². The van der Waals surface area contributed by atoms with Crippen LogP contribution in [0, 0.1) is 16.7 Å². The quantitative estimate of drug-likeness (QED) is 0.904. The van der Waals surface area contributed by atoms with E-state index >= 15 is 0 Å². The summed E-state index contributed by atoms with van der Waals surface area (Å²) in [6, 6.07) is 1.90. The highest BCUT2D eigenvalue weighted by Gasteiger charge is 2.65. The zero-order valence-electron chi connectivity index (χ0n) is 12.4. The monoisotopic (exact) mass is 327 g/mol. The van der Waals surface area contributed by atoms with Gasteiger partial charge in [0.15, 0.2) is 0 Å². The molecular formula is C15H21NO3S2. The standard InChI is InChI=1S/C15H21NO3S2/c1-14(2)12-3-5-15(14,13(17)7-12)10-21(18,19)16-8-11-4-6-20-9-11/h4,6,9,12,16H,3,5,7-8,10H2,1-2H3/t12-,15+/m1/s1. The Morgan fingerprint density at radius 1 is 1.43 bits per heavy atom. The normalized spacial score (nSPS) is 31.0. The zero-order valence-corrected chi connectivity index (χ0v) is 14.0. The first-order valence-electron chi connectivity index (χ1n) is 7.29. The fourth-order valence-electron chi connectivity index (χ4n) is 4.07. The first-order chi connectivity index (χ1) is 9.77. The van der Waals surface area contributed by atoms with E-state index in [2.05, 4.69) is 18.6 Å². The number of rotatable bonds is 5. The highest BCUT2D eigenvalue weighted by atomic mass is 32.2. The number of fused-ring (bicyclic) bond motifs is 2. The minimum absolute atomic E-state index is 0.0630. The SMILES string of the molecule is CC1(C)[C@@H]2CC[C@]1(CS(=O)(=O)NCc1ccsc1)C(=O)C2. The second-order valence-electron chi connectivity index (χ2n) is 6.88. The van der Waals surface area contributed by atoms with Crippen molar-refractivity contribution in [3.8, 4) is 0 Å². The number of Topliss-reactive ketones (excluding diaryl/α,β-unsaturated/α-hetero) is 1. The van der Waals surface area contributed by atoms with Crippen molar-refractivity contribution in [1.29, 1.82) is 0 Å². The lowest BCUT2D eigenvalue weighted by atomic mass is 9.70. The van der Waals surface area contributed by atoms with Crippen LogP contribution in [0.2, 0.25) is 0 Å². The van der Waals surface area contributed by atoms with Gasteiger partial charge in [-0.25, -0.2) is 13.1 Å². The van der Waals surface area contributed by atoms with Crippen LogP contribution in [0.15, 0.2) is 16.8 Å². The van der Waals surface area contributed by atoms with Crippen molar-refractivity contribution >= 4 is 27.1 Å². The van der Waals surface area contributed by atoms with Gasteiger partial charge in [-0.15, -0.1) is 0 Å². The molecule has 2 aliphatic rings. The number of nitrogens with one attached hydrogen (secondary N) is 1. The molecule has 2 aliphatic carbocycles. The predicted octanol–water partition coefficient (Wildman–Crippen LogP) is 2.56. The van der Waals surface area contributed by atoms with Crippen molar-refractivity contribution in [2.45, 2.75) is 39.7 Å². The molecule has 0 radical (unpaired) electrons. The van der Waals surface area contributed by atoms with E-state index in [-0.39, 0.29) is 17.0 Å². The molecule has 0 amide bonds. The molecule has 2 saturated carbocycles. The summed E-state index contributed by atoms with van der Waals surface area (Å²) in [6.07, 6.45) is 2.23. The summed E-state index contributed by atoms with van der Waals surface area (Å²) in [5.74, 6) is 0.425. The van der Waals surface area contributed by atoms with Gasteiger partial charge in [-0.3, -0.25) is 4.79 Å². The summed E-state index contributed by atoms with van der Waals surface area (Å²) in [4.78, 5) is 12.4. The zero-order chi connectivity index (χ0) is 15.3. The van der Waals surface area contributed by atoms with Crippen molar-refractivity contribution in [2.24, 2.45) is 16.7 Å². The third-order valence-electron chi connectivity index (χ3n) is 5.65. The average Bonchev–Trinajstić information content (AvgIpc) is 3.02. The van der Waals surface area contributed by atoms with Crippen molar-refractivity contribution in [3.63, 3.8) is 0 Å². The molecule has 1 aromatic rings. The minimum Gasteiger partial charge on any atom is -0.299 e. The summed E-state index contributed by atoms with van der Waals surface area (Å²) >= 11 is 1.54. The average molecular weight is 327 g/mol. The molecule has 6 heteroatoms. The first-order valence-corrected chi connectivity index (χ1v) is 9.88. The molecule has 0 aliphatic heterocycles. The topological polar surface area (TPSA) is 63.2 Å². The van der Waals surface area contributed by atoms with E-state index in [1.807, 2.05) is 16.8 Å². The fourth-order valence-corrected chi connectivity index (χ4v) is 6.55. The van der Waals surface area contributed by atoms with Gasteiger partial charge in [0.1, 0.15) is 5.78 Å². The lowest BCUT2D eigenvalue weighted by Crippen LogP contribution is -2.45. The molecule has 0 spiro atoms. The molecule has 2 atom stereocenters. The summed E-state index contributed by atoms with van der Waals surface area (Å²) in [5, 5.41) is 3.85. The lowest BCUT2D eigenvalue weighted by Gasteiger charge is -2.36. The van der Waals surface area contributed by atoms with Crippen LogP contribution in [0.4, 0.5) is 0 Å². The Bertz CT molecular complexity index is 648. The highest BCUT2D eigenvalue weighted by molar-refractivity contribution is 7.89. The van der Waals surface area contributed by atoms with Gasteiger partial charge in [0.05, 0.1) is 5.75 Å². The lowest BCUT2D eigenvalue weighted by molar-refractivity contribution is -0.128. The van der Waals surface area contributed by atoms with Crippen LogP contribution in [-0.2, 0) is 21.4 Å².